The predicted octanol–water partition coefficient (Wildman–Crippen LogP) is 3.46. The molecule has 6 nitrogen and oxygen atoms in total. The Morgan fingerprint density at radius 1 is 1.17 bits per heavy atom. The van der Waals surface area contributed by atoms with Crippen molar-refractivity contribution in [1.29, 1.82) is 0 Å². The third-order valence-corrected chi connectivity index (χ3v) is 5.39. The Kier molecular flexibility index (Phi) is 2.98. The molecule has 1 aliphatic carbocycles. The Hall–Kier alpha value is -2.19. The molecule has 0 aliphatic heterocycles. The number of hydrogen-bond donors (Lipinski definition) is 1. The van der Waals surface area contributed by atoms with Crippen LogP contribution in [0.1, 0.15) is 12.8 Å². The van der Waals surface area contributed by atoms with E-state index in [1.165, 1.54) is 17.5 Å². The van der Waals surface area contributed by atoms with Crippen LogP contribution in [0.3, 0.4) is 0 Å². The molecule has 0 spiro atoms. The van der Waals surface area contributed by atoms with Gasteiger partial charge in [0.1, 0.15) is 5.82 Å². The van der Waals surface area contributed by atoms with Gasteiger partial charge in [0.15, 0.2) is 5.65 Å². The van der Waals surface area contributed by atoms with Crippen molar-refractivity contribution in [2.45, 2.75) is 28.9 Å². The Balaban J connectivity index is 1.50. The molecule has 1 aromatic carbocycles. The van der Waals surface area contributed by atoms with E-state index >= 15 is 0 Å². The van der Waals surface area contributed by atoms with Gasteiger partial charge in [-0.25, -0.2) is 4.98 Å². The van der Waals surface area contributed by atoms with Gasteiger partial charge in [-0.3, -0.25) is 0 Å². The third kappa shape index (κ3) is 2.53. The van der Waals surface area contributed by atoms with E-state index in [4.69, 9.17) is 0 Å². The number of rotatable bonds is 4. The largest absolute Gasteiger partial charge is 0.366 e. The van der Waals surface area contributed by atoms with Crippen molar-refractivity contribution < 1.29 is 0 Å². The first kappa shape index (κ1) is 13.3. The highest BCUT2D eigenvalue weighted by Crippen LogP contribution is 2.30. The van der Waals surface area contributed by atoms with E-state index in [0.29, 0.717) is 6.04 Å². The monoisotopic (exact) mass is 340 g/mol. The average Bonchev–Trinajstić information content (AvgIpc) is 3.11. The number of anilines is 1. The van der Waals surface area contributed by atoms with E-state index in [-0.39, 0.29) is 0 Å². The van der Waals surface area contributed by atoms with Gasteiger partial charge >= 0.3 is 0 Å². The molecule has 1 saturated carbocycles. The minimum absolute atomic E-state index is 0.571. The Morgan fingerprint density at radius 3 is 3.04 bits per heavy atom. The van der Waals surface area contributed by atoms with Crippen LogP contribution in [0, 0.1) is 0 Å². The Morgan fingerprint density at radius 2 is 2.13 bits per heavy atom. The fraction of sp³-hybridized carbons (Fsp3) is 0.200. The topological polar surface area (TPSA) is 68.0 Å². The second-order valence-electron chi connectivity index (χ2n) is 5.47. The molecule has 0 saturated heterocycles. The summed E-state index contributed by atoms with van der Waals surface area (Å²) >= 11 is 3.20. The zero-order chi connectivity index (χ0) is 15.2. The maximum absolute atomic E-state index is 4.61. The summed E-state index contributed by atoms with van der Waals surface area (Å²) in [6.45, 7) is 0. The number of nitrogens with zero attached hydrogens (tertiary/aromatic N) is 5. The van der Waals surface area contributed by atoms with E-state index < -0.39 is 0 Å². The van der Waals surface area contributed by atoms with Gasteiger partial charge in [-0.15, -0.1) is 26.6 Å². The van der Waals surface area contributed by atoms with Crippen LogP contribution in [-0.2, 0) is 0 Å². The van der Waals surface area contributed by atoms with Gasteiger partial charge in [0, 0.05) is 10.9 Å². The van der Waals surface area contributed by atoms with E-state index in [9.17, 15) is 0 Å². The van der Waals surface area contributed by atoms with Crippen molar-refractivity contribution in [1.82, 2.24) is 24.8 Å². The fourth-order valence-electron chi connectivity index (χ4n) is 2.35. The van der Waals surface area contributed by atoms with Gasteiger partial charge in [0.2, 0.25) is 5.16 Å². The molecular weight excluding hydrogens is 328 g/mol. The summed E-state index contributed by atoms with van der Waals surface area (Å²) in [5.74, 6) is 0.875. The normalized spacial score (nSPS) is 14.6. The van der Waals surface area contributed by atoms with Crippen molar-refractivity contribution in [2.24, 2.45) is 0 Å². The molecule has 0 atom stereocenters. The van der Waals surface area contributed by atoms with Gasteiger partial charge in [-0.05, 0) is 54.9 Å². The lowest BCUT2D eigenvalue weighted by molar-refractivity contribution is 0.808. The van der Waals surface area contributed by atoms with Gasteiger partial charge in [-0.2, -0.15) is 4.52 Å². The summed E-state index contributed by atoms with van der Waals surface area (Å²) in [5.41, 5.74) is 3.65. The van der Waals surface area contributed by atoms with E-state index in [0.717, 1.165) is 27.0 Å². The van der Waals surface area contributed by atoms with E-state index in [1.807, 2.05) is 23.7 Å². The molecule has 4 aromatic rings. The van der Waals surface area contributed by atoms with Crippen LogP contribution >= 0.6 is 23.1 Å². The summed E-state index contributed by atoms with van der Waals surface area (Å²) in [6, 6.07) is 10.7. The lowest BCUT2D eigenvalue weighted by Crippen LogP contribution is -2.05. The minimum atomic E-state index is 0.571. The molecule has 1 aliphatic rings. The maximum atomic E-state index is 4.61. The van der Waals surface area contributed by atoms with Gasteiger partial charge in [-0.1, -0.05) is 0 Å². The molecule has 23 heavy (non-hydrogen) atoms. The molecule has 0 amide bonds. The highest BCUT2D eigenvalue weighted by atomic mass is 32.2. The molecule has 114 valence electrons. The smallest absolute Gasteiger partial charge is 0.217 e. The summed E-state index contributed by atoms with van der Waals surface area (Å²) in [7, 11) is 0. The maximum Gasteiger partial charge on any atom is 0.217 e. The first-order valence-electron chi connectivity index (χ1n) is 7.35. The summed E-state index contributed by atoms with van der Waals surface area (Å²) in [4.78, 5) is 5.42. The zero-order valence-electron chi connectivity index (χ0n) is 12.0. The second kappa shape index (κ2) is 5.17. The van der Waals surface area contributed by atoms with Crippen molar-refractivity contribution >= 4 is 44.8 Å². The van der Waals surface area contributed by atoms with Crippen molar-refractivity contribution in [2.75, 3.05) is 5.32 Å². The number of thiazole rings is 1. The quantitative estimate of drug-likeness (QED) is 0.614. The first-order chi connectivity index (χ1) is 11.3. The third-order valence-electron chi connectivity index (χ3n) is 3.68. The molecule has 1 N–H and O–H groups in total. The lowest BCUT2D eigenvalue weighted by atomic mass is 10.3. The van der Waals surface area contributed by atoms with Crippen LogP contribution in [0.15, 0.2) is 45.9 Å². The SMILES string of the molecule is c1nc2ccc(Sc3nnc4ccc(NC5CC5)nn34)cc2s1. The summed E-state index contributed by atoms with van der Waals surface area (Å²) in [5, 5.41) is 17.2. The average molecular weight is 340 g/mol. The van der Waals surface area contributed by atoms with Crippen molar-refractivity contribution in [3.05, 3.63) is 35.8 Å². The van der Waals surface area contributed by atoms with Crippen LogP contribution in [-0.4, -0.2) is 30.8 Å². The zero-order valence-corrected chi connectivity index (χ0v) is 13.6. The van der Waals surface area contributed by atoms with Crippen LogP contribution in [0.5, 0.6) is 0 Å². The summed E-state index contributed by atoms with van der Waals surface area (Å²) < 4.78 is 2.97. The number of aromatic nitrogens is 5. The number of benzene rings is 1. The first-order valence-corrected chi connectivity index (χ1v) is 9.05. The molecule has 1 fully saturated rings. The van der Waals surface area contributed by atoms with Crippen LogP contribution in [0.2, 0.25) is 0 Å². The van der Waals surface area contributed by atoms with E-state index in [2.05, 4.69) is 37.7 Å². The van der Waals surface area contributed by atoms with Gasteiger partial charge < -0.3 is 5.32 Å². The number of nitrogens with one attached hydrogen (secondary N) is 1. The van der Waals surface area contributed by atoms with Crippen LogP contribution < -0.4 is 5.32 Å². The molecule has 5 rings (SSSR count). The summed E-state index contributed by atoms with van der Waals surface area (Å²) in [6.07, 6.45) is 2.44. The molecule has 0 radical (unpaired) electrons. The highest BCUT2D eigenvalue weighted by molar-refractivity contribution is 7.99. The molecule has 3 heterocycles. The van der Waals surface area contributed by atoms with Gasteiger partial charge in [0.25, 0.3) is 0 Å². The number of fused-ring (bicyclic) bond motifs is 2. The molecule has 8 heteroatoms. The predicted molar refractivity (Wildman–Crippen MR) is 91.2 cm³/mol. The molecule has 3 aromatic heterocycles. The van der Waals surface area contributed by atoms with Crippen LogP contribution in [0.25, 0.3) is 15.9 Å². The molecular formula is C15H12N6S2. The Bertz CT molecular complexity index is 1000. The standard InChI is InChI=1S/C15H12N6S2/c1-2-9(1)17-13-5-6-14-18-19-15(21(14)20-13)23-10-3-4-11-12(7-10)22-8-16-11/h3-9H,1-2H2,(H,17,20). The van der Waals surface area contributed by atoms with Gasteiger partial charge in [0.05, 0.1) is 15.7 Å². The number of hydrogen-bond acceptors (Lipinski definition) is 7. The molecule has 0 bridgehead atoms. The van der Waals surface area contributed by atoms with Crippen molar-refractivity contribution in [3.63, 3.8) is 0 Å². The fourth-order valence-corrected chi connectivity index (χ4v) is 3.97. The molecule has 0 unspecified atom stereocenters. The lowest BCUT2D eigenvalue weighted by Gasteiger charge is -2.04. The second-order valence-corrected chi connectivity index (χ2v) is 7.40. The van der Waals surface area contributed by atoms with Crippen molar-refractivity contribution in [3.8, 4) is 0 Å². The van der Waals surface area contributed by atoms with E-state index in [1.54, 1.807) is 27.6 Å². The van der Waals surface area contributed by atoms with Crippen LogP contribution in [0.4, 0.5) is 5.82 Å². The minimum Gasteiger partial charge on any atom is -0.366 e. The highest BCUT2D eigenvalue weighted by Gasteiger charge is 2.21. The Labute approximate surface area is 140 Å².